The van der Waals surface area contributed by atoms with Crippen LogP contribution >= 0.6 is 0 Å². The number of benzene rings is 2. The summed E-state index contributed by atoms with van der Waals surface area (Å²) in [4.78, 5) is 30.5. The molecule has 1 aliphatic heterocycles. The van der Waals surface area contributed by atoms with Crippen molar-refractivity contribution in [2.45, 2.75) is 19.4 Å². The average molecular weight is 412 g/mol. The van der Waals surface area contributed by atoms with E-state index in [0.29, 0.717) is 30.6 Å². The number of β-amino-alcohol motifs (C(OH)–C–C–N with tert-alkyl or cyclic N) is 1. The summed E-state index contributed by atoms with van der Waals surface area (Å²) in [6.07, 6.45) is 0.00653. The lowest BCUT2D eigenvalue weighted by Gasteiger charge is -2.20. The molecule has 3 N–H and O–H groups in total. The van der Waals surface area contributed by atoms with Gasteiger partial charge in [-0.25, -0.2) is 9.18 Å². The minimum atomic E-state index is -0.809. The molecule has 3 aromatic rings. The van der Waals surface area contributed by atoms with E-state index in [1.165, 1.54) is 18.2 Å². The molecule has 2 aromatic carbocycles. The Hall–Kier alpha value is -3.39. The fraction of sp³-hybridized carbons (Fsp3) is 0.273. The van der Waals surface area contributed by atoms with Gasteiger partial charge in [0, 0.05) is 18.5 Å². The van der Waals surface area contributed by atoms with E-state index in [0.717, 1.165) is 6.07 Å². The molecule has 1 unspecified atom stereocenters. The van der Waals surface area contributed by atoms with Crippen LogP contribution in [-0.4, -0.2) is 47.0 Å². The Morgan fingerprint density at radius 2 is 2.03 bits per heavy atom. The van der Waals surface area contributed by atoms with E-state index >= 15 is 0 Å². The lowest BCUT2D eigenvalue weighted by Crippen LogP contribution is -2.23. The van der Waals surface area contributed by atoms with Crippen LogP contribution in [0.5, 0.6) is 5.75 Å². The summed E-state index contributed by atoms with van der Waals surface area (Å²) < 4.78 is 19.9. The van der Waals surface area contributed by atoms with E-state index in [2.05, 4.69) is 4.98 Å². The Morgan fingerprint density at radius 3 is 2.67 bits per heavy atom. The normalized spacial score (nSPS) is 16.2. The maximum Gasteiger partial charge on any atom is 0.344 e. The number of rotatable bonds is 4. The van der Waals surface area contributed by atoms with E-state index in [4.69, 9.17) is 4.74 Å². The van der Waals surface area contributed by atoms with Crippen LogP contribution < -0.4 is 10.3 Å². The first-order valence-corrected chi connectivity index (χ1v) is 9.68. The molecule has 30 heavy (non-hydrogen) atoms. The quantitative estimate of drug-likeness (QED) is 0.570. The Morgan fingerprint density at radius 1 is 1.30 bits per heavy atom. The second-order valence-electron chi connectivity index (χ2n) is 7.21. The Labute approximate surface area is 171 Å². The molecule has 0 aliphatic carbocycles. The lowest BCUT2D eigenvalue weighted by molar-refractivity contribution is 0.0525. The molecule has 1 atom stereocenters. The molecule has 1 aromatic heterocycles. The van der Waals surface area contributed by atoms with Gasteiger partial charge in [-0.3, -0.25) is 4.79 Å². The highest BCUT2D eigenvalue weighted by Crippen LogP contribution is 2.30. The van der Waals surface area contributed by atoms with Gasteiger partial charge in [-0.1, -0.05) is 0 Å². The summed E-state index contributed by atoms with van der Waals surface area (Å²) in [7, 11) is 0. The molecule has 0 saturated carbocycles. The number of anilines is 1. The van der Waals surface area contributed by atoms with E-state index in [1.807, 2.05) is 0 Å². The highest BCUT2D eigenvalue weighted by atomic mass is 19.1. The fourth-order valence-electron chi connectivity index (χ4n) is 3.74. The number of nitrogens with one attached hydrogen (secondary N) is 1. The molecule has 8 heteroatoms. The number of phenols is 1. The van der Waals surface area contributed by atoms with Crippen molar-refractivity contribution in [2.24, 2.45) is 0 Å². The summed E-state index contributed by atoms with van der Waals surface area (Å²) in [6.45, 7) is 2.51. The highest BCUT2D eigenvalue weighted by molar-refractivity contribution is 6.00. The molecule has 1 fully saturated rings. The summed E-state index contributed by atoms with van der Waals surface area (Å²) in [5.41, 5.74) is 0.488. The molecule has 2 heterocycles. The summed E-state index contributed by atoms with van der Waals surface area (Å²) in [6, 6.07) is 8.64. The Balaban J connectivity index is 1.96. The van der Waals surface area contributed by atoms with Gasteiger partial charge in [0.1, 0.15) is 17.1 Å². The van der Waals surface area contributed by atoms with Crippen molar-refractivity contribution in [2.75, 3.05) is 24.6 Å². The largest absolute Gasteiger partial charge is 0.508 e. The molecule has 0 amide bonds. The van der Waals surface area contributed by atoms with Gasteiger partial charge in [0.2, 0.25) is 5.43 Å². The molecular weight excluding hydrogens is 391 g/mol. The summed E-state index contributed by atoms with van der Waals surface area (Å²) >= 11 is 0. The van der Waals surface area contributed by atoms with Gasteiger partial charge in [-0.15, -0.1) is 0 Å². The Bertz CT molecular complexity index is 1170. The minimum Gasteiger partial charge on any atom is -0.508 e. The number of H-pyrrole nitrogens is 1. The van der Waals surface area contributed by atoms with Crippen LogP contribution in [0.3, 0.4) is 0 Å². The number of phenolic OH excluding ortho intramolecular Hbond substituents is 1. The zero-order valence-electron chi connectivity index (χ0n) is 16.3. The molecule has 0 bridgehead atoms. The number of hydrogen-bond acceptors (Lipinski definition) is 6. The highest BCUT2D eigenvalue weighted by Gasteiger charge is 2.26. The van der Waals surface area contributed by atoms with Gasteiger partial charge in [0.25, 0.3) is 0 Å². The monoisotopic (exact) mass is 412 g/mol. The molecule has 156 valence electrons. The predicted molar refractivity (Wildman–Crippen MR) is 110 cm³/mol. The van der Waals surface area contributed by atoms with Crippen LogP contribution in [0.25, 0.3) is 22.2 Å². The van der Waals surface area contributed by atoms with Crippen molar-refractivity contribution in [1.29, 1.82) is 0 Å². The van der Waals surface area contributed by atoms with Gasteiger partial charge in [-0.2, -0.15) is 0 Å². The van der Waals surface area contributed by atoms with Crippen molar-refractivity contribution in [3.63, 3.8) is 0 Å². The second-order valence-corrected chi connectivity index (χ2v) is 7.21. The average Bonchev–Trinajstić information content (AvgIpc) is 3.14. The second kappa shape index (κ2) is 7.79. The van der Waals surface area contributed by atoms with Crippen molar-refractivity contribution in [3.8, 4) is 17.0 Å². The number of fused-ring (bicyclic) bond motifs is 1. The molecule has 0 spiro atoms. The van der Waals surface area contributed by atoms with Gasteiger partial charge < -0.3 is 24.8 Å². The number of aliphatic hydroxyl groups is 1. The molecular formula is C22H21FN2O5. The van der Waals surface area contributed by atoms with Gasteiger partial charge in [-0.05, 0) is 55.3 Å². The molecule has 1 saturated heterocycles. The number of aliphatic hydroxyl groups excluding tert-OH is 1. The third-order valence-corrected chi connectivity index (χ3v) is 5.21. The van der Waals surface area contributed by atoms with Gasteiger partial charge >= 0.3 is 5.97 Å². The maximum atomic E-state index is 14.8. The first-order valence-electron chi connectivity index (χ1n) is 9.68. The number of halogens is 1. The van der Waals surface area contributed by atoms with E-state index in [1.54, 1.807) is 24.0 Å². The van der Waals surface area contributed by atoms with Crippen molar-refractivity contribution >= 4 is 22.6 Å². The van der Waals surface area contributed by atoms with Gasteiger partial charge in [0.05, 0.1) is 29.6 Å². The standard InChI is InChI=1S/C22H21FN2O5/c1-2-30-22(29)19-20(12-3-5-13(26)6-4-12)24-17-10-18(25-8-7-14(27)11-25)16(23)9-15(17)21(19)28/h3-6,9-10,14,26-27H,2,7-8,11H2,1H3,(H,24,28). The number of carbonyl (C=O) groups excluding carboxylic acids is 1. The van der Waals surface area contributed by atoms with Crippen LogP contribution in [0, 0.1) is 5.82 Å². The summed E-state index contributed by atoms with van der Waals surface area (Å²) in [5, 5.41) is 19.4. The zero-order chi connectivity index (χ0) is 21.4. The first-order chi connectivity index (χ1) is 14.4. The van der Waals surface area contributed by atoms with E-state index in [9.17, 15) is 24.2 Å². The van der Waals surface area contributed by atoms with Crippen LogP contribution in [-0.2, 0) is 4.74 Å². The van der Waals surface area contributed by atoms with Crippen LogP contribution in [0.1, 0.15) is 23.7 Å². The molecule has 7 nitrogen and oxygen atoms in total. The molecule has 4 rings (SSSR count). The predicted octanol–water partition coefficient (Wildman–Crippen LogP) is 2.79. The minimum absolute atomic E-state index is 0.0292. The van der Waals surface area contributed by atoms with Crippen LogP contribution in [0.15, 0.2) is 41.2 Å². The van der Waals surface area contributed by atoms with Crippen molar-refractivity contribution < 1.29 is 24.1 Å². The maximum absolute atomic E-state index is 14.8. The number of aromatic amines is 1. The summed E-state index contributed by atoms with van der Waals surface area (Å²) in [5.74, 6) is -1.37. The number of nitrogens with zero attached hydrogens (tertiary/aromatic N) is 1. The SMILES string of the molecule is CCOC(=O)c1c(-c2ccc(O)cc2)[nH]c2cc(N3CCC(O)C3)c(F)cc2c1=O. The number of pyridine rings is 1. The number of hydrogen-bond donors (Lipinski definition) is 3. The van der Waals surface area contributed by atoms with Crippen molar-refractivity contribution in [1.82, 2.24) is 4.98 Å². The van der Waals surface area contributed by atoms with Crippen LogP contribution in [0.4, 0.5) is 10.1 Å². The van der Waals surface area contributed by atoms with E-state index < -0.39 is 23.3 Å². The van der Waals surface area contributed by atoms with Crippen LogP contribution in [0.2, 0.25) is 0 Å². The number of carbonyl (C=O) groups is 1. The van der Waals surface area contributed by atoms with E-state index in [-0.39, 0.29) is 34.7 Å². The topological polar surface area (TPSA) is 103 Å². The number of ether oxygens (including phenoxy) is 1. The molecule has 0 radical (unpaired) electrons. The fourth-order valence-corrected chi connectivity index (χ4v) is 3.74. The smallest absolute Gasteiger partial charge is 0.344 e. The van der Waals surface area contributed by atoms with Gasteiger partial charge in [0.15, 0.2) is 0 Å². The first kappa shape index (κ1) is 19.9. The lowest BCUT2D eigenvalue weighted by atomic mass is 10.0. The number of aromatic hydroxyl groups is 1. The Kier molecular flexibility index (Phi) is 5.17. The molecule has 1 aliphatic rings. The number of aromatic nitrogens is 1. The third-order valence-electron chi connectivity index (χ3n) is 5.21. The third kappa shape index (κ3) is 3.50. The number of esters is 1. The van der Waals surface area contributed by atoms with Crippen molar-refractivity contribution in [3.05, 3.63) is 58.0 Å². The zero-order valence-corrected chi connectivity index (χ0v) is 16.3.